The van der Waals surface area contributed by atoms with Gasteiger partial charge in [0.25, 0.3) is 0 Å². The maximum atomic E-state index is 14.4. The number of nitrogens with zero attached hydrogens (tertiary/aromatic N) is 5. The van der Waals surface area contributed by atoms with E-state index in [1.54, 1.807) is 30.7 Å². The zero-order chi connectivity index (χ0) is 25.2. The van der Waals surface area contributed by atoms with Crippen molar-refractivity contribution in [3.63, 3.8) is 0 Å². The average molecular weight is 485 g/mol. The van der Waals surface area contributed by atoms with E-state index in [1.807, 2.05) is 25.7 Å². The minimum absolute atomic E-state index is 0.0605. The van der Waals surface area contributed by atoms with Crippen LogP contribution in [0.2, 0.25) is 0 Å². The summed E-state index contributed by atoms with van der Waals surface area (Å²) in [5.41, 5.74) is 7.91. The molecule has 3 aromatic rings. The van der Waals surface area contributed by atoms with Crippen LogP contribution in [0.4, 0.5) is 14.5 Å². The van der Waals surface area contributed by atoms with Gasteiger partial charge in [-0.2, -0.15) is 4.39 Å². The molecule has 4 rings (SSSR count). The zero-order valence-corrected chi connectivity index (χ0v) is 20.7. The monoisotopic (exact) mass is 484 g/mol. The first-order valence-electron chi connectivity index (χ1n) is 12.3. The van der Waals surface area contributed by atoms with Gasteiger partial charge in [-0.25, -0.2) is 24.3 Å². The number of anilines is 1. The highest BCUT2D eigenvalue weighted by Crippen LogP contribution is 2.36. The van der Waals surface area contributed by atoms with E-state index >= 15 is 0 Å². The summed E-state index contributed by atoms with van der Waals surface area (Å²) in [6.07, 6.45) is 9.37. The van der Waals surface area contributed by atoms with Crippen LogP contribution in [-0.4, -0.2) is 39.6 Å². The molecule has 2 N–H and O–H groups in total. The molecule has 188 valence electrons. The largest absolute Gasteiger partial charge is 0.490 e. The normalized spacial score (nSPS) is 14.7. The van der Waals surface area contributed by atoms with Gasteiger partial charge in [0.1, 0.15) is 0 Å². The van der Waals surface area contributed by atoms with Crippen molar-refractivity contribution < 1.29 is 13.5 Å². The molecule has 35 heavy (non-hydrogen) atoms. The fourth-order valence-electron chi connectivity index (χ4n) is 4.04. The Morgan fingerprint density at radius 3 is 2.51 bits per heavy atom. The molecule has 3 heterocycles. The molecule has 2 aromatic heterocycles. The molecular weight excluding hydrogens is 450 g/mol. The minimum Gasteiger partial charge on any atom is -0.490 e. The Hall–Kier alpha value is -3.20. The van der Waals surface area contributed by atoms with Gasteiger partial charge in [-0.1, -0.05) is 26.7 Å². The van der Waals surface area contributed by atoms with Crippen LogP contribution in [0.1, 0.15) is 63.8 Å². The summed E-state index contributed by atoms with van der Waals surface area (Å²) < 4.78 is 34.3. The summed E-state index contributed by atoms with van der Waals surface area (Å²) >= 11 is 0. The van der Waals surface area contributed by atoms with Crippen molar-refractivity contribution in [1.29, 1.82) is 0 Å². The summed E-state index contributed by atoms with van der Waals surface area (Å²) in [5.74, 6) is -0.988. The van der Waals surface area contributed by atoms with Gasteiger partial charge in [0.15, 0.2) is 23.2 Å². The number of hydrogen-bond acceptors (Lipinski definition) is 7. The molecular formula is C26H34F2N6O. The molecule has 0 spiro atoms. The first kappa shape index (κ1) is 26.4. The van der Waals surface area contributed by atoms with Crippen LogP contribution in [0.25, 0.3) is 11.6 Å². The molecule has 0 bridgehead atoms. The van der Waals surface area contributed by atoms with Crippen molar-refractivity contribution in [1.82, 2.24) is 19.9 Å². The van der Waals surface area contributed by atoms with Crippen molar-refractivity contribution in [2.24, 2.45) is 5.73 Å². The maximum Gasteiger partial charge on any atom is 0.200 e. The standard InChI is InChI=1S/C24H28F2N6O.C2H6/c1-16-18-15-30-24(23-28-9-6-10-29-23)31-20(18)7-11-32(16)17-13-19(25)22(26)21(14-17)33-12-5-3-2-4-8-27;1-2/h6,9-10,13-16H,2-5,7-8,11-12,27H2,1H3;1-2H3. The maximum absolute atomic E-state index is 14.4. The first-order valence-corrected chi connectivity index (χ1v) is 12.3. The Kier molecular flexibility index (Phi) is 9.84. The van der Waals surface area contributed by atoms with E-state index in [1.165, 1.54) is 6.07 Å². The number of rotatable bonds is 9. The Morgan fingerprint density at radius 1 is 1.03 bits per heavy atom. The molecule has 7 nitrogen and oxygen atoms in total. The van der Waals surface area contributed by atoms with E-state index < -0.39 is 11.6 Å². The molecule has 1 aliphatic heterocycles. The second kappa shape index (κ2) is 13.0. The van der Waals surface area contributed by atoms with Gasteiger partial charge in [-0.15, -0.1) is 0 Å². The Labute approximate surface area is 205 Å². The van der Waals surface area contributed by atoms with Gasteiger partial charge in [-0.05, 0) is 32.4 Å². The molecule has 0 aliphatic carbocycles. The van der Waals surface area contributed by atoms with Crippen molar-refractivity contribution in [3.8, 4) is 17.4 Å². The third-order valence-electron chi connectivity index (χ3n) is 5.84. The number of halogens is 2. The summed E-state index contributed by atoms with van der Waals surface area (Å²) in [7, 11) is 0. The van der Waals surface area contributed by atoms with Crippen LogP contribution in [0.15, 0.2) is 36.8 Å². The number of aromatic nitrogens is 4. The van der Waals surface area contributed by atoms with E-state index in [4.69, 9.17) is 10.5 Å². The van der Waals surface area contributed by atoms with Crippen LogP contribution < -0.4 is 15.4 Å². The number of benzene rings is 1. The van der Waals surface area contributed by atoms with Gasteiger partial charge in [0.05, 0.1) is 18.3 Å². The Bertz CT molecular complexity index is 1080. The predicted octanol–water partition coefficient (Wildman–Crippen LogP) is 5.26. The third kappa shape index (κ3) is 6.48. The van der Waals surface area contributed by atoms with Crippen molar-refractivity contribution in [2.45, 2.75) is 58.9 Å². The zero-order valence-electron chi connectivity index (χ0n) is 20.7. The topological polar surface area (TPSA) is 90.0 Å². The van der Waals surface area contributed by atoms with Gasteiger partial charge >= 0.3 is 0 Å². The highest BCUT2D eigenvalue weighted by Gasteiger charge is 2.28. The quantitative estimate of drug-likeness (QED) is 0.414. The van der Waals surface area contributed by atoms with Gasteiger partial charge in [0, 0.05) is 54.9 Å². The van der Waals surface area contributed by atoms with E-state index in [-0.39, 0.29) is 11.8 Å². The number of ether oxygens (including phenoxy) is 1. The highest BCUT2D eigenvalue weighted by molar-refractivity contribution is 5.55. The second-order valence-electron chi connectivity index (χ2n) is 8.08. The number of unbranched alkanes of at least 4 members (excludes halogenated alkanes) is 3. The molecule has 0 saturated heterocycles. The fraction of sp³-hybridized carbons (Fsp3) is 0.462. The van der Waals surface area contributed by atoms with Crippen LogP contribution >= 0.6 is 0 Å². The van der Waals surface area contributed by atoms with Gasteiger partial charge < -0.3 is 15.4 Å². The van der Waals surface area contributed by atoms with Gasteiger partial charge in [0.2, 0.25) is 5.82 Å². The van der Waals surface area contributed by atoms with Crippen LogP contribution in [0.3, 0.4) is 0 Å². The SMILES string of the molecule is CC.CC1c2cnc(-c3ncccn3)nc2CCN1c1cc(F)c(F)c(OCCCCCCN)c1. The molecule has 0 amide bonds. The molecule has 9 heteroatoms. The van der Waals surface area contributed by atoms with E-state index in [0.29, 0.717) is 43.5 Å². The molecule has 1 unspecified atom stereocenters. The van der Waals surface area contributed by atoms with E-state index in [0.717, 1.165) is 36.9 Å². The number of hydrogen-bond donors (Lipinski definition) is 1. The third-order valence-corrected chi connectivity index (χ3v) is 5.84. The van der Waals surface area contributed by atoms with Crippen molar-refractivity contribution in [2.75, 3.05) is 24.6 Å². The second-order valence-corrected chi connectivity index (χ2v) is 8.08. The molecule has 1 aliphatic rings. The predicted molar refractivity (Wildman–Crippen MR) is 133 cm³/mol. The molecule has 0 radical (unpaired) electrons. The smallest absolute Gasteiger partial charge is 0.200 e. The molecule has 0 fully saturated rings. The summed E-state index contributed by atoms with van der Waals surface area (Å²) in [4.78, 5) is 19.5. The summed E-state index contributed by atoms with van der Waals surface area (Å²) in [6, 6.07) is 4.42. The lowest BCUT2D eigenvalue weighted by Crippen LogP contribution is -2.35. The van der Waals surface area contributed by atoms with E-state index in [2.05, 4.69) is 19.9 Å². The average Bonchev–Trinajstić information content (AvgIpc) is 2.90. The first-order chi connectivity index (χ1) is 17.1. The van der Waals surface area contributed by atoms with E-state index in [9.17, 15) is 8.78 Å². The Morgan fingerprint density at radius 2 is 1.77 bits per heavy atom. The van der Waals surface area contributed by atoms with Crippen LogP contribution in [0.5, 0.6) is 5.75 Å². The molecule has 1 aromatic carbocycles. The molecule has 0 saturated carbocycles. The highest BCUT2D eigenvalue weighted by atomic mass is 19.2. The van der Waals surface area contributed by atoms with Gasteiger partial charge in [-0.3, -0.25) is 0 Å². The van der Waals surface area contributed by atoms with Crippen molar-refractivity contribution in [3.05, 3.63) is 59.7 Å². The summed E-state index contributed by atoms with van der Waals surface area (Å²) in [5, 5.41) is 0. The molecule has 1 atom stereocenters. The lowest BCUT2D eigenvalue weighted by Gasteiger charge is -2.36. The van der Waals surface area contributed by atoms with Crippen LogP contribution in [-0.2, 0) is 6.42 Å². The lowest BCUT2D eigenvalue weighted by molar-refractivity contribution is 0.285. The number of fused-ring (bicyclic) bond motifs is 1. The van der Waals surface area contributed by atoms with Crippen molar-refractivity contribution >= 4 is 5.69 Å². The van der Waals surface area contributed by atoms with Crippen LogP contribution in [0, 0.1) is 11.6 Å². The fourth-order valence-corrected chi connectivity index (χ4v) is 4.04. The number of nitrogens with two attached hydrogens (primary N) is 1. The lowest BCUT2D eigenvalue weighted by atomic mass is 9.98. The summed E-state index contributed by atoms with van der Waals surface area (Å²) in [6.45, 7) is 7.59. The minimum atomic E-state index is -0.957. The Balaban J connectivity index is 0.00000167.